The lowest BCUT2D eigenvalue weighted by Gasteiger charge is -2.31. The number of halogens is 1. The van der Waals surface area contributed by atoms with Crippen molar-refractivity contribution in [3.05, 3.63) is 58.1 Å². The first-order valence-corrected chi connectivity index (χ1v) is 12.3. The molecule has 0 saturated heterocycles. The quantitative estimate of drug-likeness (QED) is 0.528. The number of ether oxygens (including phenoxy) is 2. The van der Waals surface area contributed by atoms with E-state index >= 15 is 0 Å². The van der Waals surface area contributed by atoms with Gasteiger partial charge in [-0.2, -0.15) is 0 Å². The second-order valence-corrected chi connectivity index (χ2v) is 9.43. The van der Waals surface area contributed by atoms with Crippen LogP contribution < -0.4 is 14.8 Å². The van der Waals surface area contributed by atoms with Gasteiger partial charge in [0.25, 0.3) is 5.91 Å². The largest absolute Gasteiger partial charge is 0.497 e. The fraction of sp³-hybridized carbons (Fsp3) is 0.481. The number of nitrogens with one attached hydrogen (secondary N) is 1. The molecule has 0 radical (unpaired) electrons. The Kier molecular flexibility index (Phi) is 9.22. The average molecular weight is 487 g/mol. The first-order valence-electron chi connectivity index (χ1n) is 11.9. The minimum absolute atomic E-state index is 0.138. The van der Waals surface area contributed by atoms with E-state index in [0.29, 0.717) is 16.5 Å². The second kappa shape index (κ2) is 12.1. The summed E-state index contributed by atoms with van der Waals surface area (Å²) < 4.78 is 11.1. The number of rotatable bonds is 9. The Morgan fingerprint density at radius 1 is 1.09 bits per heavy atom. The molecule has 2 amide bonds. The van der Waals surface area contributed by atoms with Crippen LogP contribution in [-0.4, -0.2) is 42.5 Å². The van der Waals surface area contributed by atoms with Crippen LogP contribution in [0, 0.1) is 13.8 Å². The van der Waals surface area contributed by atoms with Gasteiger partial charge < -0.3 is 19.7 Å². The van der Waals surface area contributed by atoms with Gasteiger partial charge in [-0.1, -0.05) is 43.0 Å². The summed E-state index contributed by atoms with van der Waals surface area (Å²) in [4.78, 5) is 28.0. The van der Waals surface area contributed by atoms with Crippen molar-refractivity contribution in [3.8, 4) is 11.5 Å². The summed E-state index contributed by atoms with van der Waals surface area (Å²) in [6.07, 6.45) is 5.43. The number of benzene rings is 2. The third kappa shape index (κ3) is 6.89. The van der Waals surface area contributed by atoms with Crippen molar-refractivity contribution >= 4 is 23.4 Å². The van der Waals surface area contributed by atoms with E-state index in [1.165, 1.54) is 6.42 Å². The Morgan fingerprint density at radius 2 is 1.76 bits per heavy atom. The zero-order chi connectivity index (χ0) is 24.7. The molecule has 1 aliphatic carbocycles. The lowest BCUT2D eigenvalue weighted by molar-refractivity contribution is -0.142. The molecule has 6 nitrogen and oxygen atoms in total. The Hall–Kier alpha value is -2.73. The predicted octanol–water partition coefficient (Wildman–Crippen LogP) is 5.21. The standard InChI is InChI=1S/C27H35ClN2O4/c1-18-13-24(14-19(2)26(18)28)34-17-25(31)30(16-21-9-8-12-23(15-21)33-4)20(3)27(32)29-22-10-6-5-7-11-22/h8-9,12-15,20,22H,5-7,10-11,16-17H2,1-4H3,(H,29,32)/t20-/m0/s1. The average Bonchev–Trinajstić information content (AvgIpc) is 2.84. The summed E-state index contributed by atoms with van der Waals surface area (Å²) >= 11 is 6.25. The van der Waals surface area contributed by atoms with Crippen LogP contribution in [0.1, 0.15) is 55.7 Å². The minimum Gasteiger partial charge on any atom is -0.497 e. The topological polar surface area (TPSA) is 67.9 Å². The Morgan fingerprint density at radius 3 is 2.41 bits per heavy atom. The van der Waals surface area contributed by atoms with Crippen molar-refractivity contribution in [1.82, 2.24) is 10.2 Å². The lowest BCUT2D eigenvalue weighted by atomic mass is 9.95. The summed E-state index contributed by atoms with van der Waals surface area (Å²) in [5.41, 5.74) is 2.65. The molecule has 3 rings (SSSR count). The predicted molar refractivity (Wildman–Crippen MR) is 134 cm³/mol. The molecule has 0 heterocycles. The van der Waals surface area contributed by atoms with E-state index in [1.807, 2.05) is 50.2 Å². The van der Waals surface area contributed by atoms with Crippen LogP contribution in [0.3, 0.4) is 0 Å². The first kappa shape index (κ1) is 25.9. The van der Waals surface area contributed by atoms with E-state index in [1.54, 1.807) is 18.9 Å². The number of hydrogen-bond acceptors (Lipinski definition) is 4. The van der Waals surface area contributed by atoms with Crippen LogP contribution in [-0.2, 0) is 16.1 Å². The summed E-state index contributed by atoms with van der Waals surface area (Å²) in [6.45, 7) is 5.67. The van der Waals surface area contributed by atoms with Crippen LogP contribution in [0.15, 0.2) is 36.4 Å². The van der Waals surface area contributed by atoms with E-state index in [4.69, 9.17) is 21.1 Å². The maximum absolute atomic E-state index is 13.3. The van der Waals surface area contributed by atoms with E-state index in [0.717, 1.165) is 42.4 Å². The van der Waals surface area contributed by atoms with Crippen LogP contribution >= 0.6 is 11.6 Å². The molecule has 0 spiro atoms. The number of carbonyl (C=O) groups excluding carboxylic acids is 2. The lowest BCUT2D eigenvalue weighted by Crippen LogP contribution is -2.51. The Balaban J connectivity index is 1.75. The number of aryl methyl sites for hydroxylation is 2. The summed E-state index contributed by atoms with van der Waals surface area (Å²) in [7, 11) is 1.60. The van der Waals surface area contributed by atoms with Crippen molar-refractivity contribution in [1.29, 1.82) is 0 Å². The molecule has 184 valence electrons. The van der Waals surface area contributed by atoms with Gasteiger partial charge in [0.05, 0.1) is 7.11 Å². The molecule has 1 aliphatic rings. The summed E-state index contributed by atoms with van der Waals surface area (Å²) in [6, 6.07) is 10.7. The zero-order valence-electron chi connectivity index (χ0n) is 20.5. The summed E-state index contributed by atoms with van der Waals surface area (Å²) in [5, 5.41) is 3.83. The molecule has 34 heavy (non-hydrogen) atoms. The molecule has 2 aromatic carbocycles. The molecule has 0 bridgehead atoms. The number of carbonyl (C=O) groups is 2. The second-order valence-electron chi connectivity index (χ2n) is 9.05. The van der Waals surface area contributed by atoms with Gasteiger partial charge in [-0.25, -0.2) is 0 Å². The third-order valence-corrected chi connectivity index (χ3v) is 6.97. The number of hydrogen-bond donors (Lipinski definition) is 1. The molecule has 1 atom stereocenters. The molecule has 7 heteroatoms. The van der Waals surface area contributed by atoms with Crippen molar-refractivity contribution < 1.29 is 19.1 Å². The zero-order valence-corrected chi connectivity index (χ0v) is 21.3. The maximum atomic E-state index is 13.3. The normalized spacial score (nSPS) is 14.9. The van der Waals surface area contributed by atoms with Crippen LogP contribution in [0.2, 0.25) is 5.02 Å². The smallest absolute Gasteiger partial charge is 0.261 e. The van der Waals surface area contributed by atoms with Gasteiger partial charge in [0, 0.05) is 17.6 Å². The van der Waals surface area contributed by atoms with Crippen molar-refractivity contribution in [2.75, 3.05) is 13.7 Å². The molecule has 0 aliphatic heterocycles. The van der Waals surface area contributed by atoms with Gasteiger partial charge >= 0.3 is 0 Å². The molecular weight excluding hydrogens is 452 g/mol. The Bertz CT molecular complexity index is 981. The van der Waals surface area contributed by atoms with E-state index < -0.39 is 6.04 Å². The fourth-order valence-electron chi connectivity index (χ4n) is 4.34. The van der Waals surface area contributed by atoms with E-state index in [9.17, 15) is 9.59 Å². The minimum atomic E-state index is -0.641. The molecule has 0 unspecified atom stereocenters. The monoisotopic (exact) mass is 486 g/mol. The van der Waals surface area contributed by atoms with E-state index in [2.05, 4.69) is 5.32 Å². The highest BCUT2D eigenvalue weighted by Crippen LogP contribution is 2.26. The van der Waals surface area contributed by atoms with E-state index in [-0.39, 0.29) is 31.0 Å². The number of amides is 2. The molecule has 0 aromatic heterocycles. The van der Waals surface area contributed by atoms with Gasteiger partial charge in [0.15, 0.2) is 6.61 Å². The highest BCUT2D eigenvalue weighted by atomic mass is 35.5. The Labute approximate surface area is 207 Å². The van der Waals surface area contributed by atoms with Gasteiger partial charge in [-0.3, -0.25) is 9.59 Å². The van der Waals surface area contributed by atoms with Gasteiger partial charge in [-0.05, 0) is 74.6 Å². The van der Waals surface area contributed by atoms with Crippen LogP contribution in [0.5, 0.6) is 11.5 Å². The first-order chi connectivity index (χ1) is 16.3. The van der Waals surface area contributed by atoms with Crippen molar-refractivity contribution in [3.63, 3.8) is 0 Å². The van der Waals surface area contributed by atoms with Crippen molar-refractivity contribution in [2.45, 2.75) is 71.5 Å². The number of nitrogens with zero attached hydrogens (tertiary/aromatic N) is 1. The van der Waals surface area contributed by atoms with Crippen LogP contribution in [0.4, 0.5) is 0 Å². The number of methoxy groups -OCH3 is 1. The molecular formula is C27H35ClN2O4. The SMILES string of the molecule is COc1cccc(CN(C(=O)COc2cc(C)c(Cl)c(C)c2)[C@@H](C)C(=O)NC2CCCCC2)c1. The fourth-order valence-corrected chi connectivity index (χ4v) is 4.45. The molecule has 1 saturated carbocycles. The van der Waals surface area contributed by atoms with Crippen molar-refractivity contribution in [2.24, 2.45) is 0 Å². The van der Waals surface area contributed by atoms with Gasteiger partial charge in [0.1, 0.15) is 17.5 Å². The summed E-state index contributed by atoms with van der Waals surface area (Å²) in [5.74, 6) is 0.877. The van der Waals surface area contributed by atoms with Gasteiger partial charge in [0.2, 0.25) is 5.91 Å². The molecule has 2 aromatic rings. The maximum Gasteiger partial charge on any atom is 0.261 e. The highest BCUT2D eigenvalue weighted by molar-refractivity contribution is 6.32. The third-order valence-electron chi connectivity index (χ3n) is 6.38. The molecule has 1 N–H and O–H groups in total. The molecule has 1 fully saturated rings. The van der Waals surface area contributed by atoms with Gasteiger partial charge in [-0.15, -0.1) is 0 Å². The van der Waals surface area contributed by atoms with Crippen LogP contribution in [0.25, 0.3) is 0 Å². The highest BCUT2D eigenvalue weighted by Gasteiger charge is 2.28.